The van der Waals surface area contributed by atoms with E-state index in [0.717, 1.165) is 44.1 Å². The van der Waals surface area contributed by atoms with Gasteiger partial charge in [0.05, 0.1) is 34.6 Å². The van der Waals surface area contributed by atoms with Gasteiger partial charge in [-0.25, -0.2) is 9.13 Å². The lowest BCUT2D eigenvalue weighted by molar-refractivity contribution is -0.671. The van der Waals surface area contributed by atoms with Crippen molar-refractivity contribution in [1.82, 2.24) is 17.5 Å². The minimum Gasteiger partial charge on any atom is -0.207 e. The van der Waals surface area contributed by atoms with Gasteiger partial charge >= 0.3 is 0 Å². The summed E-state index contributed by atoms with van der Waals surface area (Å²) in [5.74, 6) is 2.23. The van der Waals surface area contributed by atoms with Gasteiger partial charge in [-0.05, 0) is 36.5 Å². The molecule has 190 valence electrons. The van der Waals surface area contributed by atoms with E-state index in [4.69, 9.17) is 0 Å². The van der Waals surface area contributed by atoms with E-state index >= 15 is 0 Å². The summed E-state index contributed by atoms with van der Waals surface area (Å²) >= 11 is 6.31. The maximum Gasteiger partial charge on any atom is 0.178 e. The molecule has 0 aliphatic rings. The molecule has 0 spiro atoms. The molecule has 0 N–H and O–H groups in total. The lowest BCUT2D eigenvalue weighted by atomic mass is 10.1. The van der Waals surface area contributed by atoms with Gasteiger partial charge < -0.3 is 0 Å². The first-order chi connectivity index (χ1) is 17.7. The number of thioether (sulfide) groups is 2. The van der Waals surface area contributed by atoms with E-state index in [1.54, 1.807) is 0 Å². The predicted octanol–water partition coefficient (Wildman–Crippen LogP) is 6.38. The van der Waals surface area contributed by atoms with Gasteiger partial charge in [0.15, 0.2) is 24.8 Å². The third kappa shape index (κ3) is 8.33. The quantitative estimate of drug-likeness (QED) is 0.0959. The summed E-state index contributed by atoms with van der Waals surface area (Å²) in [6.45, 7) is 0. The van der Waals surface area contributed by atoms with Crippen molar-refractivity contribution in [3.8, 4) is 22.5 Å². The van der Waals surface area contributed by atoms with Crippen molar-refractivity contribution in [3.63, 3.8) is 0 Å². The molecule has 0 saturated heterocycles. The van der Waals surface area contributed by atoms with Crippen LogP contribution in [0.25, 0.3) is 22.5 Å². The van der Waals surface area contributed by atoms with Crippen LogP contribution in [0.1, 0.15) is 51.4 Å². The van der Waals surface area contributed by atoms with Gasteiger partial charge in [0.1, 0.15) is 35.5 Å². The van der Waals surface area contributed by atoms with E-state index in [1.807, 2.05) is 50.0 Å². The van der Waals surface area contributed by atoms with E-state index in [-0.39, 0.29) is 0 Å². The normalized spacial score (nSPS) is 11.3. The molecule has 6 nitrogen and oxygen atoms in total. The molecule has 4 aromatic heterocycles. The highest BCUT2D eigenvalue weighted by molar-refractivity contribution is 7.99. The molecule has 0 aliphatic heterocycles. The molecular formula is C26H34N6S4+2. The SMILES string of the molecule is C[n+]1cccc(-c2nsnc2SCCCCCCCCCCSc2nsnc2-c2ccc[n+](C)c2)c1. The first-order valence-electron chi connectivity index (χ1n) is 12.5. The summed E-state index contributed by atoms with van der Waals surface area (Å²) in [4.78, 5) is 0. The van der Waals surface area contributed by atoms with Crippen LogP contribution in [0.3, 0.4) is 0 Å². The maximum absolute atomic E-state index is 4.52. The Morgan fingerprint density at radius 3 is 1.44 bits per heavy atom. The van der Waals surface area contributed by atoms with Gasteiger partial charge in [-0.2, -0.15) is 17.5 Å². The Kier molecular flexibility index (Phi) is 11.1. The second-order valence-electron chi connectivity index (χ2n) is 8.88. The number of aryl methyl sites for hydroxylation is 2. The molecule has 0 bridgehead atoms. The van der Waals surface area contributed by atoms with Crippen LogP contribution in [0, 0.1) is 0 Å². The molecule has 0 aliphatic carbocycles. The van der Waals surface area contributed by atoms with Crippen molar-refractivity contribution in [2.75, 3.05) is 11.5 Å². The number of pyridine rings is 2. The zero-order valence-corrected chi connectivity index (χ0v) is 24.3. The van der Waals surface area contributed by atoms with Crippen molar-refractivity contribution < 1.29 is 9.13 Å². The Morgan fingerprint density at radius 2 is 1.03 bits per heavy atom. The lowest BCUT2D eigenvalue weighted by Gasteiger charge is -2.03. The summed E-state index contributed by atoms with van der Waals surface area (Å²) in [5.41, 5.74) is 4.33. The molecular weight excluding hydrogens is 525 g/mol. The molecule has 10 heteroatoms. The Labute approximate surface area is 231 Å². The second-order valence-corrected chi connectivity index (χ2v) is 12.1. The fourth-order valence-corrected chi connectivity index (χ4v) is 7.33. The predicted molar refractivity (Wildman–Crippen MR) is 151 cm³/mol. The number of nitrogens with zero attached hydrogens (tertiary/aromatic N) is 6. The highest BCUT2D eigenvalue weighted by Gasteiger charge is 2.14. The minimum atomic E-state index is 1.02. The van der Waals surface area contributed by atoms with Crippen LogP contribution in [0.15, 0.2) is 59.1 Å². The topological polar surface area (TPSA) is 59.3 Å². The molecule has 4 aromatic rings. The minimum absolute atomic E-state index is 1.02. The highest BCUT2D eigenvalue weighted by atomic mass is 32.2. The molecule has 0 fully saturated rings. The van der Waals surface area contributed by atoms with Crippen LogP contribution in [-0.4, -0.2) is 29.0 Å². The number of aromatic nitrogens is 6. The zero-order valence-electron chi connectivity index (χ0n) is 21.0. The van der Waals surface area contributed by atoms with Gasteiger partial charge in [-0.1, -0.05) is 38.5 Å². The Morgan fingerprint density at radius 1 is 0.611 bits per heavy atom. The molecule has 0 saturated carbocycles. The first kappa shape index (κ1) is 27.2. The van der Waals surface area contributed by atoms with Gasteiger partial charge in [0.25, 0.3) is 0 Å². The summed E-state index contributed by atoms with van der Waals surface area (Å²) < 4.78 is 22.2. The van der Waals surface area contributed by atoms with Gasteiger partial charge in [-0.15, -0.1) is 23.5 Å². The van der Waals surface area contributed by atoms with E-state index in [9.17, 15) is 0 Å². The van der Waals surface area contributed by atoms with Crippen LogP contribution in [0.5, 0.6) is 0 Å². The third-order valence-corrected chi connectivity index (χ3v) is 9.25. The first-order valence-corrected chi connectivity index (χ1v) is 16.0. The number of hydrogen-bond acceptors (Lipinski definition) is 8. The number of rotatable bonds is 15. The fourth-order valence-electron chi connectivity index (χ4n) is 3.96. The van der Waals surface area contributed by atoms with Crippen molar-refractivity contribution >= 4 is 47.0 Å². The van der Waals surface area contributed by atoms with Gasteiger partial charge in [-0.3, -0.25) is 0 Å². The summed E-state index contributed by atoms with van der Waals surface area (Å²) in [6.07, 6.45) is 18.7. The zero-order chi connectivity index (χ0) is 25.0. The largest absolute Gasteiger partial charge is 0.207 e. The van der Waals surface area contributed by atoms with Gasteiger partial charge in [0, 0.05) is 12.1 Å². The average Bonchev–Trinajstić information content (AvgIpc) is 3.54. The summed E-state index contributed by atoms with van der Waals surface area (Å²) in [5, 5.41) is 2.14. The Balaban J connectivity index is 1.03. The average molecular weight is 559 g/mol. The molecule has 0 aromatic carbocycles. The summed E-state index contributed by atoms with van der Waals surface area (Å²) in [7, 11) is 4.08. The third-order valence-electron chi connectivity index (χ3n) is 5.86. The van der Waals surface area contributed by atoms with Gasteiger partial charge in [0.2, 0.25) is 0 Å². The van der Waals surface area contributed by atoms with Crippen molar-refractivity contribution in [3.05, 3.63) is 49.1 Å². The van der Waals surface area contributed by atoms with Crippen molar-refractivity contribution in [2.45, 2.75) is 61.4 Å². The standard InChI is InChI=1S/C26H34N6S4/c1-31-15-11-13-21(19-31)23-25(29-35-27-23)33-17-9-7-5-3-4-6-8-10-18-34-26-24(28-36-30-26)22-14-12-16-32(2)20-22/h11-16,19-20H,3-10,17-18H2,1-2H3/q+2. The molecule has 4 rings (SSSR count). The molecule has 0 amide bonds. The molecule has 0 radical (unpaired) electrons. The van der Waals surface area contributed by atoms with Crippen LogP contribution in [0.4, 0.5) is 0 Å². The smallest absolute Gasteiger partial charge is 0.178 e. The molecule has 0 atom stereocenters. The molecule has 4 heterocycles. The Bertz CT molecular complexity index is 1110. The lowest BCUT2D eigenvalue weighted by Crippen LogP contribution is -2.26. The molecule has 36 heavy (non-hydrogen) atoms. The van der Waals surface area contributed by atoms with Crippen LogP contribution < -0.4 is 9.13 Å². The molecule has 0 unspecified atom stereocenters. The van der Waals surface area contributed by atoms with Crippen LogP contribution >= 0.6 is 47.0 Å². The maximum atomic E-state index is 4.52. The number of hydrogen-bond donors (Lipinski definition) is 0. The van der Waals surface area contributed by atoms with Crippen molar-refractivity contribution in [2.24, 2.45) is 14.1 Å². The van der Waals surface area contributed by atoms with Crippen LogP contribution in [0.2, 0.25) is 0 Å². The van der Waals surface area contributed by atoms with E-state index in [0.29, 0.717) is 0 Å². The van der Waals surface area contributed by atoms with Crippen LogP contribution in [-0.2, 0) is 14.1 Å². The second kappa shape index (κ2) is 14.8. The van der Waals surface area contributed by atoms with E-state index in [2.05, 4.69) is 63.3 Å². The number of unbranched alkanes of at least 4 members (excludes halogenated alkanes) is 7. The fraction of sp³-hybridized carbons (Fsp3) is 0.462. The monoisotopic (exact) mass is 558 g/mol. The highest BCUT2D eigenvalue weighted by Crippen LogP contribution is 2.30. The van der Waals surface area contributed by atoms with E-state index < -0.39 is 0 Å². The van der Waals surface area contributed by atoms with Crippen molar-refractivity contribution in [1.29, 1.82) is 0 Å². The summed E-state index contributed by atoms with van der Waals surface area (Å²) in [6, 6.07) is 8.33. The Hall–Kier alpha value is -1.88. The van der Waals surface area contributed by atoms with E-state index in [1.165, 1.54) is 74.8 Å².